The maximum atomic E-state index is 6.45. The van der Waals surface area contributed by atoms with Gasteiger partial charge in [0.15, 0.2) is 0 Å². The highest BCUT2D eigenvalue weighted by molar-refractivity contribution is 6.32. The molecular weight excluding hydrogens is 222 g/mol. The van der Waals surface area contributed by atoms with Crippen molar-refractivity contribution in [2.45, 2.75) is 31.7 Å². The van der Waals surface area contributed by atoms with Crippen molar-refractivity contribution in [1.82, 2.24) is 0 Å². The summed E-state index contributed by atoms with van der Waals surface area (Å²) >= 11 is 6.01. The Morgan fingerprint density at radius 3 is 2.81 bits per heavy atom. The number of methoxy groups -OCH3 is 1. The van der Waals surface area contributed by atoms with Crippen LogP contribution >= 0.6 is 11.6 Å². The van der Waals surface area contributed by atoms with Gasteiger partial charge in [-0.1, -0.05) is 24.6 Å². The Morgan fingerprint density at radius 2 is 2.25 bits per heavy atom. The first-order valence-electron chi connectivity index (χ1n) is 5.68. The molecule has 0 spiro atoms. The van der Waals surface area contributed by atoms with E-state index in [0.29, 0.717) is 16.7 Å². The molecule has 16 heavy (non-hydrogen) atoms. The maximum Gasteiger partial charge on any atom is 0.137 e. The van der Waals surface area contributed by atoms with Gasteiger partial charge >= 0.3 is 0 Å². The Morgan fingerprint density at radius 1 is 1.50 bits per heavy atom. The third-order valence-electron chi connectivity index (χ3n) is 3.52. The van der Waals surface area contributed by atoms with E-state index in [2.05, 4.69) is 6.92 Å². The molecule has 2 atom stereocenters. The molecule has 0 saturated heterocycles. The van der Waals surface area contributed by atoms with E-state index >= 15 is 0 Å². The number of ether oxygens (including phenoxy) is 1. The van der Waals surface area contributed by atoms with Crippen LogP contribution < -0.4 is 10.5 Å². The van der Waals surface area contributed by atoms with Gasteiger partial charge in [-0.3, -0.25) is 0 Å². The minimum Gasteiger partial charge on any atom is -0.495 e. The third kappa shape index (κ3) is 2.04. The Bertz CT molecular complexity index is 394. The molecule has 2 nitrogen and oxygen atoms in total. The van der Waals surface area contributed by atoms with Crippen LogP contribution in [0.15, 0.2) is 18.2 Å². The fraction of sp³-hybridized carbons (Fsp3) is 0.538. The molecular formula is C13H18ClNO. The molecule has 0 amide bonds. The van der Waals surface area contributed by atoms with Crippen molar-refractivity contribution < 1.29 is 4.74 Å². The number of hydrogen-bond donors (Lipinski definition) is 1. The van der Waals surface area contributed by atoms with E-state index in [9.17, 15) is 0 Å². The van der Waals surface area contributed by atoms with Crippen LogP contribution in [0.1, 0.15) is 31.7 Å². The van der Waals surface area contributed by atoms with Gasteiger partial charge in [0, 0.05) is 5.54 Å². The lowest BCUT2D eigenvalue weighted by atomic mass is 9.88. The van der Waals surface area contributed by atoms with E-state index in [1.165, 1.54) is 6.42 Å². The lowest BCUT2D eigenvalue weighted by Crippen LogP contribution is -2.33. The molecule has 2 N–H and O–H groups in total. The summed E-state index contributed by atoms with van der Waals surface area (Å²) in [5, 5.41) is 0.640. The fourth-order valence-electron chi connectivity index (χ4n) is 2.56. The van der Waals surface area contributed by atoms with Gasteiger partial charge in [0.1, 0.15) is 5.75 Å². The highest BCUT2D eigenvalue weighted by Crippen LogP contribution is 2.41. The summed E-state index contributed by atoms with van der Waals surface area (Å²) in [6, 6.07) is 5.86. The van der Waals surface area contributed by atoms with Gasteiger partial charge in [0.25, 0.3) is 0 Å². The van der Waals surface area contributed by atoms with Gasteiger partial charge in [0.05, 0.1) is 12.1 Å². The molecule has 2 rings (SSSR count). The van der Waals surface area contributed by atoms with Crippen LogP contribution in [0.5, 0.6) is 5.75 Å². The van der Waals surface area contributed by atoms with Crippen LogP contribution in [0.4, 0.5) is 0 Å². The van der Waals surface area contributed by atoms with Crippen molar-refractivity contribution in [2.24, 2.45) is 11.7 Å². The Hall–Kier alpha value is -0.730. The number of rotatable bonds is 2. The van der Waals surface area contributed by atoms with Gasteiger partial charge in [-0.05, 0) is 42.9 Å². The van der Waals surface area contributed by atoms with Crippen LogP contribution in [-0.4, -0.2) is 7.11 Å². The fourth-order valence-corrected chi connectivity index (χ4v) is 2.76. The van der Waals surface area contributed by atoms with Crippen molar-refractivity contribution in [2.75, 3.05) is 7.11 Å². The standard InChI is InChI=1S/C13H18ClNO/c1-9-5-6-13(15,8-9)10-3-4-11(14)12(7-10)16-2/h3-4,7,9H,5-6,8,15H2,1-2H3. The average Bonchev–Trinajstić information content (AvgIpc) is 2.60. The predicted octanol–water partition coefficient (Wildman–Crippen LogP) is 3.32. The minimum absolute atomic E-state index is 0.197. The first kappa shape index (κ1) is 11.7. The number of hydrogen-bond acceptors (Lipinski definition) is 2. The van der Waals surface area contributed by atoms with Crippen LogP contribution in [0.2, 0.25) is 5.02 Å². The van der Waals surface area contributed by atoms with Gasteiger partial charge in [-0.15, -0.1) is 0 Å². The minimum atomic E-state index is -0.197. The molecule has 1 fully saturated rings. The molecule has 88 valence electrons. The van der Waals surface area contributed by atoms with E-state index in [-0.39, 0.29) is 5.54 Å². The molecule has 0 aromatic heterocycles. The zero-order chi connectivity index (χ0) is 11.8. The normalized spacial score (nSPS) is 29.4. The van der Waals surface area contributed by atoms with E-state index in [1.54, 1.807) is 7.11 Å². The summed E-state index contributed by atoms with van der Waals surface area (Å²) in [7, 11) is 1.63. The van der Waals surface area contributed by atoms with Gasteiger partial charge in [-0.2, -0.15) is 0 Å². The van der Waals surface area contributed by atoms with Gasteiger partial charge < -0.3 is 10.5 Å². The first-order valence-corrected chi connectivity index (χ1v) is 6.06. The smallest absolute Gasteiger partial charge is 0.137 e. The lowest BCUT2D eigenvalue weighted by Gasteiger charge is -2.25. The largest absolute Gasteiger partial charge is 0.495 e. The second-order valence-corrected chi connectivity index (χ2v) is 5.26. The quantitative estimate of drug-likeness (QED) is 0.859. The summed E-state index contributed by atoms with van der Waals surface area (Å²) < 4.78 is 5.23. The molecule has 0 radical (unpaired) electrons. The summed E-state index contributed by atoms with van der Waals surface area (Å²) in [4.78, 5) is 0. The van der Waals surface area contributed by atoms with E-state index in [0.717, 1.165) is 18.4 Å². The monoisotopic (exact) mass is 239 g/mol. The Kier molecular flexibility index (Phi) is 3.13. The van der Waals surface area contributed by atoms with Crippen LogP contribution in [0.3, 0.4) is 0 Å². The molecule has 3 heteroatoms. The SMILES string of the molecule is COc1cc(C2(N)CCC(C)C2)ccc1Cl. The zero-order valence-corrected chi connectivity index (χ0v) is 10.6. The van der Waals surface area contributed by atoms with Gasteiger partial charge in [-0.25, -0.2) is 0 Å². The third-order valence-corrected chi connectivity index (χ3v) is 3.83. The second kappa shape index (κ2) is 4.27. The summed E-state index contributed by atoms with van der Waals surface area (Å²) in [5.74, 6) is 1.41. The molecule has 0 bridgehead atoms. The van der Waals surface area contributed by atoms with Gasteiger partial charge in [0.2, 0.25) is 0 Å². The Labute approximate surface area is 102 Å². The molecule has 1 aromatic carbocycles. The van der Waals surface area contributed by atoms with Crippen molar-refractivity contribution in [3.05, 3.63) is 28.8 Å². The average molecular weight is 240 g/mol. The van der Waals surface area contributed by atoms with Crippen molar-refractivity contribution in [1.29, 1.82) is 0 Å². The topological polar surface area (TPSA) is 35.2 Å². The first-order chi connectivity index (χ1) is 7.55. The molecule has 1 aliphatic carbocycles. The summed E-state index contributed by atoms with van der Waals surface area (Å²) in [5.41, 5.74) is 7.39. The predicted molar refractivity (Wildman–Crippen MR) is 66.9 cm³/mol. The number of halogens is 1. The molecule has 1 aromatic rings. The van der Waals surface area contributed by atoms with Crippen LogP contribution in [0.25, 0.3) is 0 Å². The lowest BCUT2D eigenvalue weighted by molar-refractivity contribution is 0.406. The van der Waals surface area contributed by atoms with Crippen molar-refractivity contribution in [3.63, 3.8) is 0 Å². The molecule has 1 aliphatic rings. The van der Waals surface area contributed by atoms with Crippen molar-refractivity contribution in [3.8, 4) is 5.75 Å². The molecule has 0 heterocycles. The second-order valence-electron chi connectivity index (χ2n) is 4.85. The van der Waals surface area contributed by atoms with Crippen LogP contribution in [0, 0.1) is 5.92 Å². The number of nitrogens with two attached hydrogens (primary N) is 1. The molecule has 0 aliphatic heterocycles. The Balaban J connectivity index is 2.33. The zero-order valence-electron chi connectivity index (χ0n) is 9.79. The number of benzene rings is 1. The molecule has 1 saturated carbocycles. The van der Waals surface area contributed by atoms with Crippen molar-refractivity contribution >= 4 is 11.6 Å². The van der Waals surface area contributed by atoms with E-state index in [4.69, 9.17) is 22.1 Å². The maximum absolute atomic E-state index is 6.45. The van der Waals surface area contributed by atoms with E-state index < -0.39 is 0 Å². The summed E-state index contributed by atoms with van der Waals surface area (Å²) in [6.45, 7) is 2.25. The van der Waals surface area contributed by atoms with Crippen LogP contribution in [-0.2, 0) is 5.54 Å². The highest BCUT2D eigenvalue weighted by atomic mass is 35.5. The molecule has 2 unspecified atom stereocenters. The highest BCUT2D eigenvalue weighted by Gasteiger charge is 2.35. The summed E-state index contributed by atoms with van der Waals surface area (Å²) in [6.07, 6.45) is 3.28. The van der Waals surface area contributed by atoms with E-state index in [1.807, 2.05) is 18.2 Å².